The fourth-order valence-corrected chi connectivity index (χ4v) is 4.98. The molecule has 1 saturated heterocycles. The highest BCUT2D eigenvalue weighted by Gasteiger charge is 2.35. The van der Waals surface area contributed by atoms with Crippen LogP contribution in [0.15, 0.2) is 51.8 Å². The smallest absolute Gasteiger partial charge is 0.380 e. The van der Waals surface area contributed by atoms with Crippen molar-refractivity contribution in [2.45, 2.75) is 64.0 Å². The fourth-order valence-electron chi connectivity index (χ4n) is 4.73. The Morgan fingerprint density at radius 1 is 1.31 bits per heavy atom. The minimum atomic E-state index is -4.48. The normalized spacial score (nSPS) is 21.9. The molecule has 2 unspecified atom stereocenters. The number of hydrogen-bond acceptors (Lipinski definition) is 7. The van der Waals surface area contributed by atoms with Crippen LogP contribution in [-0.2, 0) is 10.9 Å². The van der Waals surface area contributed by atoms with E-state index in [4.69, 9.17) is 21.9 Å². The SMILES string of the molecule is CC(NC1=C(N=N)CN(c2cnn(C3CCCCO3)c(=O)c2Cl)[C@H](C)C1)c1ccccc1C(F)(F)F. The van der Waals surface area contributed by atoms with Crippen LogP contribution in [0, 0.1) is 5.53 Å². The van der Waals surface area contributed by atoms with Gasteiger partial charge in [-0.25, -0.2) is 5.53 Å². The third kappa shape index (κ3) is 5.27. The molecule has 0 amide bonds. The van der Waals surface area contributed by atoms with Gasteiger partial charge in [-0.2, -0.15) is 28.1 Å². The van der Waals surface area contributed by atoms with Crippen molar-refractivity contribution in [1.82, 2.24) is 15.1 Å². The van der Waals surface area contributed by atoms with Crippen LogP contribution in [0.3, 0.4) is 0 Å². The Morgan fingerprint density at radius 2 is 2.06 bits per heavy atom. The molecule has 3 atom stereocenters. The van der Waals surface area contributed by atoms with Gasteiger partial charge in [0.2, 0.25) is 0 Å². The summed E-state index contributed by atoms with van der Waals surface area (Å²) in [5.41, 5.74) is 7.97. The van der Waals surface area contributed by atoms with Gasteiger partial charge in [-0.15, -0.1) is 0 Å². The van der Waals surface area contributed by atoms with Crippen LogP contribution < -0.4 is 15.8 Å². The van der Waals surface area contributed by atoms with Gasteiger partial charge in [0.1, 0.15) is 10.7 Å². The number of nitrogens with one attached hydrogen (secondary N) is 2. The highest BCUT2D eigenvalue weighted by molar-refractivity contribution is 6.33. The molecule has 1 fully saturated rings. The van der Waals surface area contributed by atoms with Crippen molar-refractivity contribution < 1.29 is 17.9 Å². The fraction of sp³-hybridized carbons (Fsp3) is 0.500. The van der Waals surface area contributed by atoms with E-state index in [1.165, 1.54) is 23.0 Å². The van der Waals surface area contributed by atoms with Gasteiger partial charge in [-0.05, 0) is 44.7 Å². The minimum Gasteiger partial charge on any atom is -0.380 e. The van der Waals surface area contributed by atoms with Crippen LogP contribution in [0.2, 0.25) is 5.02 Å². The summed E-state index contributed by atoms with van der Waals surface area (Å²) >= 11 is 6.48. The lowest BCUT2D eigenvalue weighted by Gasteiger charge is -2.38. The zero-order chi connectivity index (χ0) is 26.0. The van der Waals surface area contributed by atoms with E-state index in [2.05, 4.69) is 15.5 Å². The van der Waals surface area contributed by atoms with Crippen LogP contribution in [-0.4, -0.2) is 29.0 Å². The second-order valence-corrected chi connectivity index (χ2v) is 9.46. The maximum absolute atomic E-state index is 13.5. The van der Waals surface area contributed by atoms with Gasteiger partial charge in [0.15, 0.2) is 6.23 Å². The van der Waals surface area contributed by atoms with E-state index in [0.717, 1.165) is 18.9 Å². The number of rotatable bonds is 6. The molecule has 0 aliphatic carbocycles. The van der Waals surface area contributed by atoms with Crippen LogP contribution >= 0.6 is 11.6 Å². The van der Waals surface area contributed by atoms with Crippen molar-refractivity contribution in [2.24, 2.45) is 5.11 Å². The molecule has 1 aromatic carbocycles. The Kier molecular flexibility index (Phi) is 7.70. The van der Waals surface area contributed by atoms with Gasteiger partial charge in [0, 0.05) is 30.8 Å². The molecular weight excluding hydrogens is 497 g/mol. The van der Waals surface area contributed by atoms with Crippen molar-refractivity contribution in [3.63, 3.8) is 0 Å². The molecule has 8 nitrogen and oxygen atoms in total. The first-order chi connectivity index (χ1) is 17.1. The molecule has 4 rings (SSSR count). The molecule has 0 radical (unpaired) electrons. The molecule has 2 aliphatic rings. The topological polar surface area (TPSA) is 95.6 Å². The molecule has 0 saturated carbocycles. The molecular formula is C24H28ClF3N6O2. The summed E-state index contributed by atoms with van der Waals surface area (Å²) in [6.45, 7) is 4.25. The van der Waals surface area contributed by atoms with Crippen molar-refractivity contribution >= 4 is 17.3 Å². The molecule has 12 heteroatoms. The monoisotopic (exact) mass is 524 g/mol. The number of benzene rings is 1. The summed E-state index contributed by atoms with van der Waals surface area (Å²) in [7, 11) is 0. The van der Waals surface area contributed by atoms with Crippen molar-refractivity contribution in [3.8, 4) is 0 Å². The van der Waals surface area contributed by atoms with Gasteiger partial charge >= 0.3 is 6.18 Å². The molecule has 2 N–H and O–H groups in total. The number of alkyl halides is 3. The number of aromatic nitrogens is 2. The van der Waals surface area contributed by atoms with E-state index in [9.17, 15) is 18.0 Å². The lowest BCUT2D eigenvalue weighted by Crippen LogP contribution is -2.43. The standard InChI is InChI=1S/C24H28ClF3N6O2/c1-14-11-18(31-15(2)16-7-3-4-8-17(16)24(26,27)28)19(32-29)13-33(14)20-12-30-34(23(35)22(20)25)21-9-5-6-10-36-21/h3-4,7-8,12,14-15,21,29,31H,5-6,9-11,13H2,1-2H3/t14-,15?,21?/m1/s1. The number of hydrogen-bond donors (Lipinski definition) is 2. The number of anilines is 1. The van der Waals surface area contributed by atoms with E-state index in [0.29, 0.717) is 36.5 Å². The molecule has 0 bridgehead atoms. The Hall–Kier alpha value is -2.92. The summed E-state index contributed by atoms with van der Waals surface area (Å²) in [6, 6.07) is 4.55. The number of halogens is 4. The molecule has 0 spiro atoms. The Bertz CT molecular complexity index is 1210. The van der Waals surface area contributed by atoms with E-state index in [1.54, 1.807) is 13.0 Å². The van der Waals surface area contributed by atoms with Gasteiger partial charge in [0.25, 0.3) is 5.56 Å². The van der Waals surface area contributed by atoms with Crippen LogP contribution in [0.5, 0.6) is 0 Å². The number of nitrogens with zero attached hydrogens (tertiary/aromatic N) is 4. The minimum absolute atomic E-state index is 0.000708. The van der Waals surface area contributed by atoms with Crippen LogP contribution in [0.25, 0.3) is 0 Å². The molecule has 1 aromatic heterocycles. The largest absolute Gasteiger partial charge is 0.416 e. The Balaban J connectivity index is 1.59. The second-order valence-electron chi connectivity index (χ2n) is 9.08. The van der Waals surface area contributed by atoms with Crippen molar-refractivity contribution in [3.05, 3.63) is 68.4 Å². The first-order valence-corrected chi connectivity index (χ1v) is 12.2. The average Bonchev–Trinajstić information content (AvgIpc) is 2.86. The van der Waals surface area contributed by atoms with Gasteiger partial charge in [0.05, 0.1) is 24.0 Å². The summed E-state index contributed by atoms with van der Waals surface area (Å²) in [6.07, 6.45) is -0.508. The molecule has 194 valence electrons. The first kappa shape index (κ1) is 26.2. The molecule has 2 aromatic rings. The Labute approximate surface area is 211 Å². The van der Waals surface area contributed by atoms with Crippen molar-refractivity contribution in [1.29, 1.82) is 5.53 Å². The van der Waals surface area contributed by atoms with Gasteiger partial charge in [-0.1, -0.05) is 29.8 Å². The van der Waals surface area contributed by atoms with Crippen LogP contribution in [0.4, 0.5) is 18.9 Å². The summed E-state index contributed by atoms with van der Waals surface area (Å²) in [5.74, 6) is 0. The maximum atomic E-state index is 13.5. The quantitative estimate of drug-likeness (QED) is 0.465. The van der Waals surface area contributed by atoms with Gasteiger partial charge < -0.3 is 15.0 Å². The second kappa shape index (κ2) is 10.6. The third-order valence-corrected chi connectivity index (χ3v) is 6.98. The van der Waals surface area contributed by atoms with E-state index >= 15 is 0 Å². The highest BCUT2D eigenvalue weighted by Crippen LogP contribution is 2.36. The third-order valence-electron chi connectivity index (χ3n) is 6.62. The van der Waals surface area contributed by atoms with E-state index in [-0.39, 0.29) is 23.2 Å². The molecule has 3 heterocycles. The Morgan fingerprint density at radius 3 is 2.72 bits per heavy atom. The summed E-state index contributed by atoms with van der Waals surface area (Å²) in [5, 5.41) is 11.1. The number of ether oxygens (including phenoxy) is 1. The average molecular weight is 525 g/mol. The lowest BCUT2D eigenvalue weighted by atomic mass is 9.98. The van der Waals surface area contributed by atoms with Gasteiger partial charge in [-0.3, -0.25) is 4.79 Å². The predicted molar refractivity (Wildman–Crippen MR) is 129 cm³/mol. The highest BCUT2D eigenvalue weighted by atomic mass is 35.5. The zero-order valence-corrected chi connectivity index (χ0v) is 20.7. The molecule has 36 heavy (non-hydrogen) atoms. The summed E-state index contributed by atoms with van der Waals surface area (Å²) in [4.78, 5) is 14.8. The molecule has 2 aliphatic heterocycles. The maximum Gasteiger partial charge on any atom is 0.416 e. The van der Waals surface area contributed by atoms with E-state index in [1.807, 2.05) is 11.8 Å². The van der Waals surface area contributed by atoms with E-state index < -0.39 is 29.6 Å². The lowest BCUT2D eigenvalue weighted by molar-refractivity contribution is -0.138. The first-order valence-electron chi connectivity index (χ1n) is 11.8. The van der Waals surface area contributed by atoms with Crippen molar-refractivity contribution in [2.75, 3.05) is 18.1 Å². The predicted octanol–water partition coefficient (Wildman–Crippen LogP) is 5.81. The summed E-state index contributed by atoms with van der Waals surface area (Å²) < 4.78 is 47.4. The zero-order valence-electron chi connectivity index (χ0n) is 20.0. The van der Waals surface area contributed by atoms with Crippen LogP contribution in [0.1, 0.15) is 62.9 Å².